The first-order chi connectivity index (χ1) is 12.0. The number of aliphatic hydroxyl groups is 1. The van der Waals surface area contributed by atoms with Gasteiger partial charge < -0.3 is 29.0 Å². The van der Waals surface area contributed by atoms with Gasteiger partial charge in [-0.1, -0.05) is 13.8 Å². The van der Waals surface area contributed by atoms with E-state index in [0.29, 0.717) is 58.7 Å². The SMILES string of the molecule is CC(C)COC(=O)CCOCCOCCOCCN1C(=O)C=CC1O. The van der Waals surface area contributed by atoms with Crippen molar-refractivity contribution in [3.8, 4) is 0 Å². The molecule has 1 aliphatic heterocycles. The number of hydrogen-bond acceptors (Lipinski definition) is 7. The van der Waals surface area contributed by atoms with Crippen molar-refractivity contribution in [3.63, 3.8) is 0 Å². The lowest BCUT2D eigenvalue weighted by atomic mass is 10.2. The molecule has 0 aromatic rings. The standard InChI is InChI=1S/C17H29NO7/c1-14(2)13-25-17(21)5-7-22-9-11-24-12-10-23-8-6-18-15(19)3-4-16(18)20/h3-4,14-15,19H,5-13H2,1-2H3. The van der Waals surface area contributed by atoms with Crippen LogP contribution in [0.25, 0.3) is 0 Å². The minimum atomic E-state index is -0.854. The number of nitrogens with zero attached hydrogens (tertiary/aromatic N) is 1. The van der Waals surface area contributed by atoms with Crippen molar-refractivity contribution in [2.45, 2.75) is 26.5 Å². The summed E-state index contributed by atoms with van der Waals surface area (Å²) in [4.78, 5) is 24.0. The average Bonchev–Trinajstić information content (AvgIpc) is 2.89. The highest BCUT2D eigenvalue weighted by Gasteiger charge is 2.22. The second kappa shape index (κ2) is 12.8. The lowest BCUT2D eigenvalue weighted by Crippen LogP contribution is -2.36. The van der Waals surface area contributed by atoms with Crippen LogP contribution in [0, 0.1) is 5.92 Å². The fourth-order valence-electron chi connectivity index (χ4n) is 1.93. The van der Waals surface area contributed by atoms with Crippen LogP contribution < -0.4 is 0 Å². The summed E-state index contributed by atoms with van der Waals surface area (Å²) in [5.41, 5.74) is 0. The molecule has 0 aliphatic carbocycles. The maximum absolute atomic E-state index is 11.3. The van der Waals surface area contributed by atoms with Crippen LogP contribution in [0.2, 0.25) is 0 Å². The van der Waals surface area contributed by atoms with Crippen molar-refractivity contribution in [2.75, 3.05) is 52.8 Å². The number of amides is 1. The third-order valence-electron chi connectivity index (χ3n) is 3.26. The van der Waals surface area contributed by atoms with Crippen molar-refractivity contribution < 1.29 is 33.6 Å². The molecule has 1 heterocycles. The van der Waals surface area contributed by atoms with Gasteiger partial charge in [-0.05, 0) is 12.0 Å². The number of carbonyl (C=O) groups excluding carboxylic acids is 2. The monoisotopic (exact) mass is 359 g/mol. The summed E-state index contributed by atoms with van der Waals surface area (Å²) in [5, 5.41) is 9.49. The van der Waals surface area contributed by atoms with Gasteiger partial charge in [0.05, 0.1) is 52.7 Å². The molecule has 0 saturated heterocycles. The molecule has 0 aromatic heterocycles. The molecular formula is C17H29NO7. The summed E-state index contributed by atoms with van der Waals surface area (Å²) in [6.45, 7) is 7.01. The lowest BCUT2D eigenvalue weighted by Gasteiger charge is -2.20. The van der Waals surface area contributed by atoms with E-state index in [1.807, 2.05) is 13.8 Å². The Kier molecular flexibility index (Phi) is 11.1. The van der Waals surface area contributed by atoms with Crippen LogP contribution in [0.5, 0.6) is 0 Å². The van der Waals surface area contributed by atoms with E-state index in [0.717, 1.165) is 0 Å². The van der Waals surface area contributed by atoms with Crippen molar-refractivity contribution in [3.05, 3.63) is 12.2 Å². The Morgan fingerprint density at radius 3 is 2.28 bits per heavy atom. The van der Waals surface area contributed by atoms with Gasteiger partial charge in [0.15, 0.2) is 0 Å². The van der Waals surface area contributed by atoms with Gasteiger partial charge >= 0.3 is 5.97 Å². The maximum atomic E-state index is 11.3. The quantitative estimate of drug-likeness (QED) is 0.353. The molecule has 1 unspecified atom stereocenters. The van der Waals surface area contributed by atoms with Crippen molar-refractivity contribution in [2.24, 2.45) is 5.92 Å². The van der Waals surface area contributed by atoms with Crippen LogP contribution in [0.3, 0.4) is 0 Å². The Labute approximate surface area is 148 Å². The van der Waals surface area contributed by atoms with Gasteiger partial charge in [0.25, 0.3) is 0 Å². The Balaban J connectivity index is 1.82. The van der Waals surface area contributed by atoms with E-state index in [2.05, 4.69) is 0 Å². The fraction of sp³-hybridized carbons (Fsp3) is 0.765. The molecule has 0 radical (unpaired) electrons. The number of ether oxygens (including phenoxy) is 4. The highest BCUT2D eigenvalue weighted by molar-refractivity contribution is 5.90. The Hall–Kier alpha value is -1.48. The predicted octanol–water partition coefficient (Wildman–Crippen LogP) is 0.342. The van der Waals surface area contributed by atoms with E-state index in [1.165, 1.54) is 17.1 Å². The van der Waals surface area contributed by atoms with Gasteiger partial charge in [-0.2, -0.15) is 0 Å². The molecular weight excluding hydrogens is 330 g/mol. The van der Waals surface area contributed by atoms with E-state index in [9.17, 15) is 14.7 Å². The number of esters is 1. The number of rotatable bonds is 14. The molecule has 0 bridgehead atoms. The van der Waals surface area contributed by atoms with Gasteiger partial charge in [0.1, 0.15) is 6.23 Å². The van der Waals surface area contributed by atoms with E-state index in [4.69, 9.17) is 18.9 Å². The molecule has 1 amide bonds. The first kappa shape index (κ1) is 21.6. The minimum absolute atomic E-state index is 0.211. The summed E-state index contributed by atoms with van der Waals surface area (Å²) in [5.74, 6) is -0.129. The maximum Gasteiger partial charge on any atom is 0.308 e. The average molecular weight is 359 g/mol. The molecule has 1 atom stereocenters. The molecule has 1 N–H and O–H groups in total. The molecule has 0 spiro atoms. The summed E-state index contributed by atoms with van der Waals surface area (Å²) in [6.07, 6.45) is 2.17. The molecule has 8 nitrogen and oxygen atoms in total. The lowest BCUT2D eigenvalue weighted by molar-refractivity contribution is -0.146. The highest BCUT2D eigenvalue weighted by atomic mass is 16.5. The molecule has 8 heteroatoms. The Morgan fingerprint density at radius 1 is 1.12 bits per heavy atom. The minimum Gasteiger partial charge on any atom is -0.465 e. The molecule has 144 valence electrons. The summed E-state index contributed by atoms with van der Waals surface area (Å²) < 4.78 is 21.0. The van der Waals surface area contributed by atoms with E-state index < -0.39 is 6.23 Å². The first-order valence-corrected chi connectivity index (χ1v) is 8.56. The zero-order valence-electron chi connectivity index (χ0n) is 15.0. The molecule has 1 aliphatic rings. The fourth-order valence-corrected chi connectivity index (χ4v) is 1.93. The third-order valence-corrected chi connectivity index (χ3v) is 3.26. The highest BCUT2D eigenvalue weighted by Crippen LogP contribution is 2.07. The molecule has 1 rings (SSSR count). The van der Waals surface area contributed by atoms with E-state index >= 15 is 0 Å². The smallest absolute Gasteiger partial charge is 0.308 e. The van der Waals surface area contributed by atoms with Crippen molar-refractivity contribution in [1.29, 1.82) is 0 Å². The van der Waals surface area contributed by atoms with Gasteiger partial charge in [-0.3, -0.25) is 9.59 Å². The van der Waals surface area contributed by atoms with Gasteiger partial charge in [-0.15, -0.1) is 0 Å². The van der Waals surface area contributed by atoms with E-state index in [1.54, 1.807) is 0 Å². The Bertz CT molecular complexity index is 425. The zero-order valence-corrected chi connectivity index (χ0v) is 15.0. The van der Waals surface area contributed by atoms with Crippen LogP contribution in [0.4, 0.5) is 0 Å². The van der Waals surface area contributed by atoms with Gasteiger partial charge in [0, 0.05) is 12.6 Å². The second-order valence-electron chi connectivity index (χ2n) is 5.97. The van der Waals surface area contributed by atoms with Crippen LogP contribution >= 0.6 is 0 Å². The van der Waals surface area contributed by atoms with Crippen LogP contribution in [0.15, 0.2) is 12.2 Å². The summed E-state index contributed by atoms with van der Waals surface area (Å²) in [7, 11) is 0. The third kappa shape index (κ3) is 10.2. The molecule has 25 heavy (non-hydrogen) atoms. The summed E-state index contributed by atoms with van der Waals surface area (Å²) >= 11 is 0. The number of carbonyl (C=O) groups is 2. The normalized spacial score (nSPS) is 16.9. The second-order valence-corrected chi connectivity index (χ2v) is 5.97. The molecule has 0 fully saturated rings. The van der Waals surface area contributed by atoms with Gasteiger partial charge in [-0.25, -0.2) is 0 Å². The van der Waals surface area contributed by atoms with Gasteiger partial charge in [0.2, 0.25) is 5.91 Å². The molecule has 0 aromatic carbocycles. The van der Waals surface area contributed by atoms with Crippen LogP contribution in [-0.2, 0) is 28.5 Å². The van der Waals surface area contributed by atoms with E-state index in [-0.39, 0.29) is 18.3 Å². The van der Waals surface area contributed by atoms with Crippen LogP contribution in [-0.4, -0.2) is 80.9 Å². The largest absolute Gasteiger partial charge is 0.465 e. The number of aliphatic hydroxyl groups excluding tert-OH is 1. The Morgan fingerprint density at radius 2 is 1.72 bits per heavy atom. The van der Waals surface area contributed by atoms with Crippen molar-refractivity contribution >= 4 is 11.9 Å². The summed E-state index contributed by atoms with van der Waals surface area (Å²) in [6, 6.07) is 0. The first-order valence-electron chi connectivity index (χ1n) is 8.56. The van der Waals surface area contributed by atoms with Crippen LogP contribution in [0.1, 0.15) is 20.3 Å². The molecule has 0 saturated carbocycles. The zero-order chi connectivity index (χ0) is 18.5. The predicted molar refractivity (Wildman–Crippen MR) is 89.7 cm³/mol. The van der Waals surface area contributed by atoms with Crippen molar-refractivity contribution in [1.82, 2.24) is 4.90 Å². The topological polar surface area (TPSA) is 94.5 Å². The number of hydrogen-bond donors (Lipinski definition) is 1.